The molecule has 0 aliphatic heterocycles. The molecule has 0 aliphatic rings. The van der Waals surface area contributed by atoms with Gasteiger partial charge in [-0.2, -0.15) is 4.37 Å². The zero-order valence-corrected chi connectivity index (χ0v) is 8.34. The van der Waals surface area contributed by atoms with Gasteiger partial charge in [-0.05, 0) is 17.6 Å². The van der Waals surface area contributed by atoms with E-state index in [1.165, 1.54) is 17.6 Å². The van der Waals surface area contributed by atoms with Gasteiger partial charge in [0.2, 0.25) is 5.88 Å². The van der Waals surface area contributed by atoms with Crippen molar-refractivity contribution in [3.8, 4) is 16.3 Å². The van der Waals surface area contributed by atoms with Crippen LogP contribution in [0.1, 0.15) is 0 Å². The molecule has 2 rings (SSSR count). The van der Waals surface area contributed by atoms with Crippen LogP contribution in [0.4, 0.5) is 4.39 Å². The van der Waals surface area contributed by atoms with E-state index in [0.29, 0.717) is 11.4 Å². The first-order chi connectivity index (χ1) is 6.81. The maximum absolute atomic E-state index is 13.3. The quantitative estimate of drug-likeness (QED) is 0.758. The summed E-state index contributed by atoms with van der Waals surface area (Å²) < 4.78 is 22.3. The molecule has 0 bridgehead atoms. The lowest BCUT2D eigenvalue weighted by Crippen LogP contribution is -1.80. The van der Waals surface area contributed by atoms with Crippen molar-refractivity contribution in [3.63, 3.8) is 0 Å². The minimum Gasteiger partial charge on any atom is -0.480 e. The molecule has 72 valence electrons. The molecule has 0 aliphatic carbocycles. The molecular formula is C10H8FNOS. The van der Waals surface area contributed by atoms with Gasteiger partial charge in [-0.15, -0.1) is 0 Å². The average molecular weight is 209 g/mol. The highest BCUT2D eigenvalue weighted by Gasteiger charge is 2.08. The Bertz CT molecular complexity index is 441. The van der Waals surface area contributed by atoms with Crippen molar-refractivity contribution in [3.05, 3.63) is 36.1 Å². The fourth-order valence-electron chi connectivity index (χ4n) is 1.14. The van der Waals surface area contributed by atoms with Gasteiger partial charge in [0.25, 0.3) is 0 Å². The van der Waals surface area contributed by atoms with Gasteiger partial charge in [0, 0.05) is 11.6 Å². The van der Waals surface area contributed by atoms with E-state index in [0.717, 1.165) is 4.88 Å². The smallest absolute Gasteiger partial charge is 0.225 e. The molecule has 14 heavy (non-hydrogen) atoms. The van der Waals surface area contributed by atoms with Crippen molar-refractivity contribution in [1.29, 1.82) is 0 Å². The minimum atomic E-state index is -0.237. The highest BCUT2D eigenvalue weighted by atomic mass is 32.1. The molecule has 2 aromatic rings. The van der Waals surface area contributed by atoms with Gasteiger partial charge in [-0.1, -0.05) is 18.2 Å². The Morgan fingerprint density at radius 2 is 2.14 bits per heavy atom. The number of rotatable bonds is 2. The summed E-state index contributed by atoms with van der Waals surface area (Å²) in [4.78, 5) is 0.778. The number of hydrogen-bond acceptors (Lipinski definition) is 3. The normalized spacial score (nSPS) is 10.1. The van der Waals surface area contributed by atoms with E-state index in [4.69, 9.17) is 4.74 Å². The summed E-state index contributed by atoms with van der Waals surface area (Å²) >= 11 is 1.23. The molecule has 1 aromatic heterocycles. The standard InChI is InChI=1S/C10H8FNOS/c1-13-10-6-9(14-12-10)7-4-2-3-5-8(7)11/h2-6H,1H3. The molecule has 0 unspecified atom stereocenters. The van der Waals surface area contributed by atoms with Crippen LogP contribution >= 0.6 is 11.5 Å². The first-order valence-electron chi connectivity index (χ1n) is 4.07. The van der Waals surface area contributed by atoms with E-state index in [9.17, 15) is 4.39 Å². The molecule has 0 saturated heterocycles. The Hall–Kier alpha value is -1.42. The van der Waals surface area contributed by atoms with Gasteiger partial charge in [0.15, 0.2) is 0 Å². The number of aromatic nitrogens is 1. The average Bonchev–Trinajstić information content (AvgIpc) is 2.67. The Labute approximate surface area is 85.1 Å². The lowest BCUT2D eigenvalue weighted by molar-refractivity contribution is 0.403. The fraction of sp³-hybridized carbons (Fsp3) is 0.100. The van der Waals surface area contributed by atoms with Crippen molar-refractivity contribution >= 4 is 11.5 Å². The monoisotopic (exact) mass is 209 g/mol. The molecule has 0 fully saturated rings. The Balaban J connectivity index is 2.44. The van der Waals surface area contributed by atoms with Gasteiger partial charge >= 0.3 is 0 Å². The summed E-state index contributed by atoms with van der Waals surface area (Å²) in [6.45, 7) is 0. The molecule has 0 radical (unpaired) electrons. The Morgan fingerprint density at radius 1 is 1.36 bits per heavy atom. The van der Waals surface area contributed by atoms with Crippen LogP contribution in [0.25, 0.3) is 10.4 Å². The zero-order chi connectivity index (χ0) is 9.97. The third-order valence-corrected chi connectivity index (χ3v) is 2.64. The van der Waals surface area contributed by atoms with E-state index in [-0.39, 0.29) is 5.82 Å². The number of nitrogens with zero attached hydrogens (tertiary/aromatic N) is 1. The Morgan fingerprint density at radius 3 is 2.79 bits per heavy atom. The van der Waals surface area contributed by atoms with Gasteiger partial charge in [-0.25, -0.2) is 4.39 Å². The molecule has 0 atom stereocenters. The summed E-state index contributed by atoms with van der Waals surface area (Å²) in [5.41, 5.74) is 0.563. The molecule has 0 spiro atoms. The largest absolute Gasteiger partial charge is 0.480 e. The van der Waals surface area contributed by atoms with E-state index in [1.54, 1.807) is 31.4 Å². The van der Waals surface area contributed by atoms with Crippen molar-refractivity contribution in [2.24, 2.45) is 0 Å². The molecule has 0 amide bonds. The molecule has 1 aromatic carbocycles. The number of halogens is 1. The first kappa shape index (κ1) is 9.15. The van der Waals surface area contributed by atoms with Gasteiger partial charge < -0.3 is 4.74 Å². The fourth-order valence-corrected chi connectivity index (χ4v) is 1.88. The predicted octanol–water partition coefficient (Wildman–Crippen LogP) is 2.96. The summed E-state index contributed by atoms with van der Waals surface area (Å²) in [5.74, 6) is 0.284. The summed E-state index contributed by atoms with van der Waals surface area (Å²) in [5, 5.41) is 0. The molecule has 4 heteroatoms. The number of hydrogen-bond donors (Lipinski definition) is 0. The van der Waals surface area contributed by atoms with Crippen molar-refractivity contribution in [2.75, 3.05) is 7.11 Å². The van der Waals surface area contributed by atoms with Crippen LogP contribution in [0.15, 0.2) is 30.3 Å². The van der Waals surface area contributed by atoms with Gasteiger partial charge in [-0.3, -0.25) is 0 Å². The zero-order valence-electron chi connectivity index (χ0n) is 7.53. The molecule has 2 nitrogen and oxygen atoms in total. The second-order valence-electron chi connectivity index (χ2n) is 2.71. The second kappa shape index (κ2) is 3.75. The van der Waals surface area contributed by atoms with Crippen LogP contribution in [-0.2, 0) is 0 Å². The van der Waals surface area contributed by atoms with Crippen LogP contribution in [0.3, 0.4) is 0 Å². The first-order valence-corrected chi connectivity index (χ1v) is 4.84. The van der Waals surface area contributed by atoms with Gasteiger partial charge in [0.1, 0.15) is 5.82 Å². The number of ether oxygens (including phenoxy) is 1. The molecule has 0 N–H and O–H groups in total. The third-order valence-electron chi connectivity index (χ3n) is 1.84. The molecule has 1 heterocycles. The van der Waals surface area contributed by atoms with Crippen LogP contribution < -0.4 is 4.74 Å². The van der Waals surface area contributed by atoms with E-state index in [1.807, 2.05) is 0 Å². The van der Waals surface area contributed by atoms with E-state index >= 15 is 0 Å². The van der Waals surface area contributed by atoms with Crippen LogP contribution in [0.2, 0.25) is 0 Å². The van der Waals surface area contributed by atoms with Crippen LogP contribution in [0.5, 0.6) is 5.88 Å². The topological polar surface area (TPSA) is 22.1 Å². The SMILES string of the molecule is COc1cc(-c2ccccc2F)sn1. The van der Waals surface area contributed by atoms with Crippen LogP contribution in [-0.4, -0.2) is 11.5 Å². The third kappa shape index (κ3) is 1.61. The summed E-state index contributed by atoms with van der Waals surface area (Å²) in [6, 6.07) is 8.34. The maximum atomic E-state index is 13.3. The van der Waals surface area contributed by atoms with Crippen molar-refractivity contribution < 1.29 is 9.13 Å². The van der Waals surface area contributed by atoms with E-state index in [2.05, 4.69) is 4.37 Å². The lowest BCUT2D eigenvalue weighted by Gasteiger charge is -1.96. The van der Waals surface area contributed by atoms with Gasteiger partial charge in [0.05, 0.1) is 12.0 Å². The minimum absolute atomic E-state index is 0.237. The summed E-state index contributed by atoms with van der Waals surface area (Å²) in [6.07, 6.45) is 0. The van der Waals surface area contributed by atoms with Crippen molar-refractivity contribution in [2.45, 2.75) is 0 Å². The van der Waals surface area contributed by atoms with E-state index < -0.39 is 0 Å². The van der Waals surface area contributed by atoms with Crippen LogP contribution in [0, 0.1) is 5.82 Å². The lowest BCUT2D eigenvalue weighted by atomic mass is 10.2. The summed E-state index contributed by atoms with van der Waals surface area (Å²) in [7, 11) is 1.54. The number of benzene rings is 1. The van der Waals surface area contributed by atoms with Crippen molar-refractivity contribution in [1.82, 2.24) is 4.37 Å². The highest BCUT2D eigenvalue weighted by Crippen LogP contribution is 2.29. The molecule has 0 saturated carbocycles. The maximum Gasteiger partial charge on any atom is 0.225 e. The molecular weight excluding hydrogens is 201 g/mol. The predicted molar refractivity (Wildman–Crippen MR) is 54.1 cm³/mol. The number of methoxy groups -OCH3 is 1. The Kier molecular flexibility index (Phi) is 2.45. The second-order valence-corrected chi connectivity index (χ2v) is 3.52. The highest BCUT2D eigenvalue weighted by molar-refractivity contribution is 7.09.